The first-order chi connectivity index (χ1) is 11.2. The Morgan fingerprint density at radius 3 is 2.21 bits per heavy atom. The van der Waals surface area contributed by atoms with E-state index < -0.39 is 11.6 Å². The molecule has 6 heteroatoms. The van der Waals surface area contributed by atoms with E-state index in [0.29, 0.717) is 5.56 Å². The second-order valence-corrected chi connectivity index (χ2v) is 5.22. The molecule has 24 heavy (non-hydrogen) atoms. The van der Waals surface area contributed by atoms with Gasteiger partial charge in [-0.1, -0.05) is 6.07 Å². The number of hydrogen-bond donors (Lipinski definition) is 2. The number of hydrogen-bond acceptors (Lipinski definition) is 4. The summed E-state index contributed by atoms with van der Waals surface area (Å²) >= 11 is 0. The fourth-order valence-electron chi connectivity index (χ4n) is 1.74. The van der Waals surface area contributed by atoms with Crippen LogP contribution in [0.25, 0.3) is 0 Å². The van der Waals surface area contributed by atoms with Crippen molar-refractivity contribution in [2.75, 3.05) is 0 Å². The topological polar surface area (TPSA) is 74.6 Å². The van der Waals surface area contributed by atoms with Crippen LogP contribution in [0.3, 0.4) is 0 Å². The lowest BCUT2D eigenvalue weighted by Gasteiger charge is -2.03. The lowest BCUT2D eigenvalue weighted by atomic mass is 10.0. The average Bonchev–Trinajstić information content (AvgIpc) is 2.52. The molecule has 2 aromatic rings. The predicted octanol–water partition coefficient (Wildman–Crippen LogP) is 3.92. The molecule has 2 aromatic carbocycles. The minimum atomic E-state index is -0.530. The van der Waals surface area contributed by atoms with Crippen molar-refractivity contribution in [3.05, 3.63) is 59.2 Å². The number of phenols is 2. The molecule has 0 aliphatic carbocycles. The van der Waals surface area contributed by atoms with Gasteiger partial charge in [-0.25, -0.2) is 8.78 Å². The number of rotatable bonds is 4. The number of carbonyl (C=O) groups is 2. The molecular formula is C18H18F2O4. The average molecular weight is 336 g/mol. The molecule has 0 saturated heterocycles. The molecule has 0 amide bonds. The van der Waals surface area contributed by atoms with Crippen molar-refractivity contribution in [2.45, 2.75) is 26.7 Å². The highest BCUT2D eigenvalue weighted by atomic mass is 19.1. The molecule has 4 nitrogen and oxygen atoms in total. The van der Waals surface area contributed by atoms with Crippen LogP contribution in [0.4, 0.5) is 8.78 Å². The Kier molecular flexibility index (Phi) is 7.04. The normalized spacial score (nSPS) is 9.83. The van der Waals surface area contributed by atoms with Gasteiger partial charge in [-0.3, -0.25) is 4.79 Å². The maximum absolute atomic E-state index is 12.3. The molecule has 0 bridgehead atoms. The van der Waals surface area contributed by atoms with Crippen molar-refractivity contribution in [2.24, 2.45) is 0 Å². The van der Waals surface area contributed by atoms with E-state index in [1.807, 2.05) is 0 Å². The summed E-state index contributed by atoms with van der Waals surface area (Å²) in [5, 5.41) is 18.5. The zero-order valence-corrected chi connectivity index (χ0v) is 13.3. The Labute approximate surface area is 138 Å². The van der Waals surface area contributed by atoms with E-state index in [2.05, 4.69) is 0 Å². The summed E-state index contributed by atoms with van der Waals surface area (Å²) in [5.74, 6) is -1.71. The van der Waals surface area contributed by atoms with E-state index in [1.165, 1.54) is 37.3 Å². The summed E-state index contributed by atoms with van der Waals surface area (Å²) in [4.78, 5) is 22.2. The number of Topliss-reactive ketones (excluding diaryl/α,β-unsaturated/α-hetero) is 2. The Hall–Kier alpha value is -2.76. The molecule has 0 fully saturated rings. The van der Waals surface area contributed by atoms with Crippen LogP contribution in [-0.4, -0.2) is 21.8 Å². The Bertz CT molecular complexity index is 742. The van der Waals surface area contributed by atoms with Crippen molar-refractivity contribution < 1.29 is 28.6 Å². The van der Waals surface area contributed by atoms with Gasteiger partial charge in [-0.15, -0.1) is 0 Å². The second kappa shape index (κ2) is 8.76. The summed E-state index contributed by atoms with van der Waals surface area (Å²) in [5.41, 5.74) is 0.521. The second-order valence-electron chi connectivity index (χ2n) is 5.22. The molecule has 2 rings (SSSR count). The lowest BCUT2D eigenvalue weighted by molar-refractivity contribution is -0.116. The number of aromatic hydroxyl groups is 2. The SMILES string of the molecule is CC(=O)CCC(=O)c1cc(O)ccc1O.Cc1ccc(F)cc1F. The Balaban J connectivity index is 0.000000272. The van der Waals surface area contributed by atoms with E-state index in [9.17, 15) is 23.5 Å². The van der Waals surface area contributed by atoms with E-state index in [0.717, 1.165) is 6.07 Å². The van der Waals surface area contributed by atoms with Gasteiger partial charge in [0.1, 0.15) is 28.9 Å². The zero-order chi connectivity index (χ0) is 18.3. The van der Waals surface area contributed by atoms with Crippen LogP contribution in [0, 0.1) is 18.6 Å². The molecule has 0 atom stereocenters. The largest absolute Gasteiger partial charge is 0.508 e. The molecule has 2 N–H and O–H groups in total. The third kappa shape index (κ3) is 6.16. The molecule has 128 valence electrons. The highest BCUT2D eigenvalue weighted by Crippen LogP contribution is 2.23. The zero-order valence-electron chi connectivity index (χ0n) is 13.3. The molecule has 0 radical (unpaired) electrons. The number of ketones is 2. The molecule has 0 aliphatic rings. The molecule has 0 spiro atoms. The van der Waals surface area contributed by atoms with Crippen LogP contribution < -0.4 is 0 Å². The van der Waals surface area contributed by atoms with Gasteiger partial charge in [0, 0.05) is 18.9 Å². The van der Waals surface area contributed by atoms with Crippen LogP contribution >= 0.6 is 0 Å². The highest BCUT2D eigenvalue weighted by molar-refractivity contribution is 6.00. The molecule has 0 aromatic heterocycles. The third-order valence-corrected chi connectivity index (χ3v) is 3.12. The van der Waals surface area contributed by atoms with Crippen LogP contribution in [0.1, 0.15) is 35.7 Å². The Morgan fingerprint density at radius 2 is 1.67 bits per heavy atom. The number of halogens is 2. The molecule has 0 unspecified atom stereocenters. The first-order valence-electron chi connectivity index (χ1n) is 7.17. The summed E-state index contributed by atoms with van der Waals surface area (Å²) in [6.45, 7) is 2.99. The van der Waals surface area contributed by atoms with E-state index in [-0.39, 0.29) is 41.5 Å². The Morgan fingerprint density at radius 1 is 1.00 bits per heavy atom. The van der Waals surface area contributed by atoms with Gasteiger partial charge >= 0.3 is 0 Å². The first kappa shape index (κ1) is 19.3. The van der Waals surface area contributed by atoms with E-state index in [4.69, 9.17) is 5.11 Å². The van der Waals surface area contributed by atoms with Gasteiger partial charge < -0.3 is 15.0 Å². The molecular weight excluding hydrogens is 318 g/mol. The summed E-state index contributed by atoms with van der Waals surface area (Å²) < 4.78 is 24.4. The molecule has 0 heterocycles. The van der Waals surface area contributed by atoms with Gasteiger partial charge in [-0.2, -0.15) is 0 Å². The molecule has 0 aliphatic heterocycles. The first-order valence-corrected chi connectivity index (χ1v) is 7.17. The fourth-order valence-corrected chi connectivity index (χ4v) is 1.74. The predicted molar refractivity (Wildman–Crippen MR) is 85.1 cm³/mol. The van der Waals surface area contributed by atoms with Crippen molar-refractivity contribution in [1.82, 2.24) is 0 Å². The van der Waals surface area contributed by atoms with Crippen LogP contribution in [-0.2, 0) is 4.79 Å². The standard InChI is InChI=1S/C11H12O4.C7H6F2/c1-7(12)2-4-10(14)9-6-8(13)3-5-11(9)15;1-5-2-3-6(8)4-7(5)9/h3,5-6,13,15H,2,4H2,1H3;2-4H,1H3. The maximum atomic E-state index is 12.3. The highest BCUT2D eigenvalue weighted by Gasteiger charge is 2.12. The smallest absolute Gasteiger partial charge is 0.167 e. The monoisotopic (exact) mass is 336 g/mol. The van der Waals surface area contributed by atoms with Gasteiger partial charge in [0.25, 0.3) is 0 Å². The van der Waals surface area contributed by atoms with Gasteiger partial charge in [-0.05, 0) is 43.7 Å². The van der Waals surface area contributed by atoms with Crippen LogP contribution in [0.2, 0.25) is 0 Å². The number of carbonyl (C=O) groups excluding carboxylic acids is 2. The maximum Gasteiger partial charge on any atom is 0.167 e. The quantitative estimate of drug-likeness (QED) is 0.655. The summed E-state index contributed by atoms with van der Waals surface area (Å²) in [6, 6.07) is 7.24. The van der Waals surface area contributed by atoms with Crippen LogP contribution in [0.15, 0.2) is 36.4 Å². The van der Waals surface area contributed by atoms with Crippen molar-refractivity contribution in [3.8, 4) is 11.5 Å². The lowest BCUT2D eigenvalue weighted by Crippen LogP contribution is -2.02. The van der Waals surface area contributed by atoms with Gasteiger partial charge in [0.15, 0.2) is 5.78 Å². The van der Waals surface area contributed by atoms with Gasteiger partial charge in [0.05, 0.1) is 5.56 Å². The third-order valence-electron chi connectivity index (χ3n) is 3.12. The number of phenolic OH excluding ortho intramolecular Hbond substituents is 2. The van der Waals surface area contributed by atoms with Gasteiger partial charge in [0.2, 0.25) is 0 Å². The summed E-state index contributed by atoms with van der Waals surface area (Å²) in [7, 11) is 0. The van der Waals surface area contributed by atoms with Crippen LogP contribution in [0.5, 0.6) is 11.5 Å². The molecule has 0 saturated carbocycles. The van der Waals surface area contributed by atoms with E-state index >= 15 is 0 Å². The number of benzene rings is 2. The van der Waals surface area contributed by atoms with Crippen molar-refractivity contribution in [3.63, 3.8) is 0 Å². The fraction of sp³-hybridized carbons (Fsp3) is 0.222. The minimum Gasteiger partial charge on any atom is -0.508 e. The van der Waals surface area contributed by atoms with E-state index in [1.54, 1.807) is 6.92 Å². The van der Waals surface area contributed by atoms with Crippen molar-refractivity contribution >= 4 is 11.6 Å². The number of aryl methyl sites for hydroxylation is 1. The minimum absolute atomic E-state index is 0.0480. The summed E-state index contributed by atoms with van der Waals surface area (Å²) in [6.07, 6.45) is 0.195. The van der Waals surface area contributed by atoms with Crippen molar-refractivity contribution in [1.29, 1.82) is 0 Å².